The van der Waals surface area contributed by atoms with Crippen molar-refractivity contribution in [3.05, 3.63) is 40.8 Å². The first-order valence-electron chi connectivity index (χ1n) is 6.80. The van der Waals surface area contributed by atoms with Crippen molar-refractivity contribution >= 4 is 28.1 Å². The Hall–Kier alpha value is -1.95. The summed E-state index contributed by atoms with van der Waals surface area (Å²) in [4.78, 5) is 15.8. The van der Waals surface area contributed by atoms with E-state index in [1.165, 1.54) is 34.9 Å². The molecule has 20 heavy (non-hydrogen) atoms. The van der Waals surface area contributed by atoms with Gasteiger partial charge < -0.3 is 5.32 Å². The molecular weight excluding hydrogens is 272 g/mol. The van der Waals surface area contributed by atoms with Crippen molar-refractivity contribution in [2.45, 2.75) is 32.1 Å². The van der Waals surface area contributed by atoms with Crippen LogP contribution < -0.4 is 11.0 Å². The third-order valence-electron chi connectivity index (χ3n) is 3.22. The summed E-state index contributed by atoms with van der Waals surface area (Å²) in [5.74, 6) is 0. The van der Waals surface area contributed by atoms with Crippen LogP contribution in [0.3, 0.4) is 0 Å². The molecule has 0 unspecified atom stereocenters. The maximum absolute atomic E-state index is 11.8. The third kappa shape index (κ3) is 3.14. The van der Waals surface area contributed by atoms with Gasteiger partial charge in [0.1, 0.15) is 0 Å². The minimum absolute atomic E-state index is 0.313. The number of anilines is 2. The highest BCUT2D eigenvalue weighted by Gasteiger charge is 2.10. The van der Waals surface area contributed by atoms with Crippen LogP contribution in [0.15, 0.2) is 40.2 Å². The van der Waals surface area contributed by atoms with Crippen LogP contribution in [0, 0.1) is 0 Å². The Morgan fingerprint density at radius 1 is 1.15 bits per heavy atom. The van der Waals surface area contributed by atoms with Crippen LogP contribution in [0.5, 0.6) is 0 Å². The van der Waals surface area contributed by atoms with Crippen LogP contribution >= 0.6 is 11.5 Å². The van der Waals surface area contributed by atoms with E-state index in [1.54, 1.807) is 0 Å². The highest BCUT2D eigenvalue weighted by Crippen LogP contribution is 2.18. The number of benzene rings is 1. The van der Waals surface area contributed by atoms with Crippen LogP contribution in [-0.2, 0) is 0 Å². The monoisotopic (exact) mass is 288 g/mol. The second-order valence-electron chi connectivity index (χ2n) is 4.78. The summed E-state index contributed by atoms with van der Waals surface area (Å²) in [7, 11) is 0. The van der Waals surface area contributed by atoms with Crippen molar-refractivity contribution in [1.82, 2.24) is 9.05 Å². The molecule has 104 valence electrons. The van der Waals surface area contributed by atoms with Crippen LogP contribution in [-0.4, -0.2) is 14.8 Å². The van der Waals surface area contributed by atoms with Gasteiger partial charge in [0, 0.05) is 22.9 Å². The second kappa shape index (κ2) is 6.00. The van der Waals surface area contributed by atoms with Crippen molar-refractivity contribution < 1.29 is 0 Å². The lowest BCUT2D eigenvalue weighted by Crippen LogP contribution is -2.15. The molecule has 0 radical (unpaired) electrons. The highest BCUT2D eigenvalue weighted by atomic mass is 32.1. The first-order chi connectivity index (χ1) is 9.81. The van der Waals surface area contributed by atoms with Gasteiger partial charge in [-0.15, -0.1) is 4.07 Å². The maximum atomic E-state index is 11.8. The number of hydrogen-bond acceptors (Lipinski definition) is 5. The largest absolute Gasteiger partial charge is 0.380 e. The molecule has 1 aromatic carbocycles. The Kier molecular flexibility index (Phi) is 3.92. The molecule has 0 bridgehead atoms. The maximum Gasteiger partial charge on any atom is 0.380 e. The average Bonchev–Trinajstić information content (AvgIpc) is 2.81. The number of nitrogens with zero attached hydrogens (tertiary/aromatic N) is 3. The van der Waals surface area contributed by atoms with E-state index in [0.717, 1.165) is 24.2 Å². The molecular formula is C14H16N4OS. The summed E-state index contributed by atoms with van der Waals surface area (Å²) in [6.07, 6.45) is 5.58. The van der Waals surface area contributed by atoms with Gasteiger partial charge in [-0.3, -0.25) is 0 Å². The van der Waals surface area contributed by atoms with Gasteiger partial charge in [0.15, 0.2) is 0 Å². The Balaban J connectivity index is 1.79. The summed E-state index contributed by atoms with van der Waals surface area (Å²) in [5, 5.41) is 8.11. The van der Waals surface area contributed by atoms with Crippen LogP contribution in [0.4, 0.5) is 10.8 Å². The summed E-state index contributed by atoms with van der Waals surface area (Å²) in [5.41, 5.74) is 1.71. The van der Waals surface area contributed by atoms with Gasteiger partial charge in [-0.25, -0.2) is 4.79 Å². The van der Waals surface area contributed by atoms with E-state index in [2.05, 4.69) is 15.4 Å². The molecule has 1 N–H and O–H groups in total. The topological polar surface area (TPSA) is 59.3 Å². The van der Waals surface area contributed by atoms with Crippen molar-refractivity contribution in [2.75, 3.05) is 5.32 Å². The number of hydrogen-bond donors (Lipinski definition) is 1. The third-order valence-corrected chi connectivity index (χ3v) is 4.00. The SMILES string of the molecule is O=c1nc(Nc2ccccc2)sn1N=C1CCCCC1. The second-order valence-corrected chi connectivity index (χ2v) is 5.70. The lowest BCUT2D eigenvalue weighted by Gasteiger charge is -2.10. The minimum Gasteiger partial charge on any atom is -0.330 e. The zero-order valence-electron chi connectivity index (χ0n) is 11.1. The highest BCUT2D eigenvalue weighted by molar-refractivity contribution is 7.10. The molecule has 3 rings (SSSR count). The average molecular weight is 288 g/mol. The normalized spacial score (nSPS) is 15.1. The van der Waals surface area contributed by atoms with Crippen LogP contribution in [0.2, 0.25) is 0 Å². The Morgan fingerprint density at radius 2 is 1.90 bits per heavy atom. The fourth-order valence-electron chi connectivity index (χ4n) is 2.22. The Morgan fingerprint density at radius 3 is 2.65 bits per heavy atom. The number of aromatic nitrogens is 2. The van der Waals surface area contributed by atoms with E-state index in [4.69, 9.17) is 0 Å². The van der Waals surface area contributed by atoms with E-state index < -0.39 is 0 Å². The quantitative estimate of drug-likeness (QED) is 0.943. The molecule has 1 heterocycles. The summed E-state index contributed by atoms with van der Waals surface area (Å²) >= 11 is 1.24. The predicted octanol–water partition coefficient (Wildman–Crippen LogP) is 3.22. The summed E-state index contributed by atoms with van der Waals surface area (Å²) in [6.45, 7) is 0. The number of rotatable bonds is 3. The molecule has 1 aliphatic carbocycles. The Bertz CT molecular complexity index is 651. The molecule has 5 nitrogen and oxygen atoms in total. The summed E-state index contributed by atoms with van der Waals surface area (Å²) < 4.78 is 1.38. The zero-order valence-corrected chi connectivity index (χ0v) is 11.9. The standard InChI is InChI=1S/C14H16N4OS/c19-14-16-13(15-11-7-3-1-4-8-11)20-18(14)17-12-9-5-2-6-10-12/h1,3-4,7-8H,2,5-6,9-10H2,(H,15,16,19). The van der Waals surface area contributed by atoms with E-state index in [1.807, 2.05) is 30.3 Å². The predicted molar refractivity (Wildman–Crippen MR) is 82.0 cm³/mol. The first kappa shape index (κ1) is 13.1. The molecule has 0 amide bonds. The molecule has 1 saturated carbocycles. The molecule has 0 aliphatic heterocycles. The van der Waals surface area contributed by atoms with Gasteiger partial charge in [-0.05, 0) is 37.8 Å². The lowest BCUT2D eigenvalue weighted by atomic mass is 9.99. The van der Waals surface area contributed by atoms with Gasteiger partial charge in [0.2, 0.25) is 5.13 Å². The fourth-order valence-corrected chi connectivity index (χ4v) is 2.94. The van der Waals surface area contributed by atoms with Gasteiger partial charge in [0.25, 0.3) is 0 Å². The van der Waals surface area contributed by atoms with E-state index in [0.29, 0.717) is 5.13 Å². The molecule has 1 aliphatic rings. The number of para-hydroxylation sites is 1. The van der Waals surface area contributed by atoms with Gasteiger partial charge >= 0.3 is 5.69 Å². The van der Waals surface area contributed by atoms with Crippen molar-refractivity contribution in [3.8, 4) is 0 Å². The van der Waals surface area contributed by atoms with E-state index in [-0.39, 0.29) is 5.69 Å². The molecule has 6 heteroatoms. The lowest BCUT2D eigenvalue weighted by molar-refractivity contribution is 0.658. The molecule has 1 aromatic heterocycles. The number of nitrogens with one attached hydrogen (secondary N) is 1. The van der Waals surface area contributed by atoms with E-state index in [9.17, 15) is 4.79 Å². The van der Waals surface area contributed by atoms with Gasteiger partial charge in [-0.2, -0.15) is 10.1 Å². The van der Waals surface area contributed by atoms with Crippen LogP contribution in [0.25, 0.3) is 0 Å². The minimum atomic E-state index is -0.313. The van der Waals surface area contributed by atoms with Crippen molar-refractivity contribution in [2.24, 2.45) is 5.10 Å². The van der Waals surface area contributed by atoms with Crippen LogP contribution in [0.1, 0.15) is 32.1 Å². The Labute approximate surface area is 121 Å². The molecule has 0 spiro atoms. The molecule has 0 saturated heterocycles. The summed E-state index contributed by atoms with van der Waals surface area (Å²) in [6, 6.07) is 9.68. The van der Waals surface area contributed by atoms with Gasteiger partial charge in [-0.1, -0.05) is 24.6 Å². The van der Waals surface area contributed by atoms with Crippen molar-refractivity contribution in [1.29, 1.82) is 0 Å². The fraction of sp³-hybridized carbons (Fsp3) is 0.357. The van der Waals surface area contributed by atoms with E-state index >= 15 is 0 Å². The smallest absolute Gasteiger partial charge is 0.330 e. The van der Waals surface area contributed by atoms with Gasteiger partial charge in [0.05, 0.1) is 0 Å². The molecule has 0 atom stereocenters. The zero-order chi connectivity index (χ0) is 13.8. The first-order valence-corrected chi connectivity index (χ1v) is 7.58. The molecule has 2 aromatic rings. The van der Waals surface area contributed by atoms with Crippen molar-refractivity contribution in [3.63, 3.8) is 0 Å². The molecule has 1 fully saturated rings.